The predicted molar refractivity (Wildman–Crippen MR) is 112 cm³/mol. The van der Waals surface area contributed by atoms with E-state index in [-0.39, 0.29) is 5.91 Å². The summed E-state index contributed by atoms with van der Waals surface area (Å²) in [7, 11) is 0. The third kappa shape index (κ3) is 4.31. The van der Waals surface area contributed by atoms with Crippen molar-refractivity contribution < 1.29 is 4.79 Å². The van der Waals surface area contributed by atoms with Gasteiger partial charge in [-0.15, -0.1) is 0 Å². The van der Waals surface area contributed by atoms with Gasteiger partial charge in [0.1, 0.15) is 0 Å². The molecule has 0 atom stereocenters. The molecule has 0 aliphatic carbocycles. The Morgan fingerprint density at radius 2 is 1.93 bits per heavy atom. The van der Waals surface area contributed by atoms with E-state index in [4.69, 9.17) is 0 Å². The Kier molecular flexibility index (Phi) is 5.24. The van der Waals surface area contributed by atoms with Crippen LogP contribution in [-0.4, -0.2) is 20.7 Å². The van der Waals surface area contributed by atoms with Gasteiger partial charge in [0.2, 0.25) is 5.91 Å². The van der Waals surface area contributed by atoms with Crippen molar-refractivity contribution in [1.29, 1.82) is 0 Å². The van der Waals surface area contributed by atoms with Gasteiger partial charge < -0.3 is 10.3 Å². The number of carbonyl (C=O) groups excluding carboxylic acids is 1. The zero-order valence-electron chi connectivity index (χ0n) is 16.0. The number of hydrogen-bond donors (Lipinski definition) is 2. The minimum absolute atomic E-state index is 0.000396. The molecule has 5 heteroatoms. The highest BCUT2D eigenvalue weighted by atomic mass is 16.1. The lowest BCUT2D eigenvalue weighted by Crippen LogP contribution is -2.12. The number of para-hydroxylation sites is 1. The summed E-state index contributed by atoms with van der Waals surface area (Å²) in [4.78, 5) is 15.5. The smallest absolute Gasteiger partial charge is 0.225 e. The number of H-pyrrole nitrogens is 1. The number of aromatic nitrogens is 3. The Labute approximate surface area is 164 Å². The van der Waals surface area contributed by atoms with Crippen molar-refractivity contribution in [3.05, 3.63) is 83.7 Å². The van der Waals surface area contributed by atoms with Gasteiger partial charge in [-0.3, -0.25) is 9.48 Å². The van der Waals surface area contributed by atoms with E-state index in [0.29, 0.717) is 18.8 Å². The number of hydrogen-bond acceptors (Lipinski definition) is 2. The number of nitrogens with zero attached hydrogens (tertiary/aromatic N) is 2. The summed E-state index contributed by atoms with van der Waals surface area (Å²) in [6.07, 6.45) is 6.08. The summed E-state index contributed by atoms with van der Waals surface area (Å²) in [5.74, 6) is 0.602. The highest BCUT2D eigenvalue weighted by molar-refractivity contribution is 5.89. The minimum atomic E-state index is 0.000396. The van der Waals surface area contributed by atoms with Crippen molar-refractivity contribution in [2.24, 2.45) is 0 Å². The van der Waals surface area contributed by atoms with E-state index in [9.17, 15) is 4.79 Å². The van der Waals surface area contributed by atoms with Gasteiger partial charge >= 0.3 is 0 Å². The number of carbonyl (C=O) groups is 1. The summed E-state index contributed by atoms with van der Waals surface area (Å²) in [6.45, 7) is 2.76. The number of amides is 1. The van der Waals surface area contributed by atoms with Crippen LogP contribution >= 0.6 is 0 Å². The predicted octanol–water partition coefficient (Wildman–Crippen LogP) is 4.68. The summed E-state index contributed by atoms with van der Waals surface area (Å²) in [5.41, 5.74) is 4.82. The molecule has 0 fully saturated rings. The molecule has 4 rings (SSSR count). The molecule has 0 saturated heterocycles. The van der Waals surface area contributed by atoms with Crippen molar-refractivity contribution in [3.63, 3.8) is 0 Å². The summed E-state index contributed by atoms with van der Waals surface area (Å²) >= 11 is 0. The maximum atomic E-state index is 12.2. The van der Waals surface area contributed by atoms with Crippen LogP contribution in [0.4, 0.5) is 5.82 Å². The molecule has 4 aromatic rings. The van der Waals surface area contributed by atoms with Gasteiger partial charge in [-0.1, -0.05) is 48.0 Å². The zero-order valence-corrected chi connectivity index (χ0v) is 16.0. The molecule has 5 nitrogen and oxygen atoms in total. The lowest BCUT2D eigenvalue weighted by atomic mass is 10.1. The van der Waals surface area contributed by atoms with Crippen molar-refractivity contribution >= 4 is 22.6 Å². The molecule has 0 saturated carbocycles. The standard InChI is InChI=1S/C23H24N4O/c1-17-9-11-18(12-10-17)16-27-14-13-22(26-27)25-23(28)8-4-5-19-15-24-21-7-3-2-6-20(19)21/h2-3,6-7,9-15,24H,4-5,8,16H2,1H3,(H,25,26,28). The highest BCUT2D eigenvalue weighted by Crippen LogP contribution is 2.19. The van der Waals surface area contributed by atoms with Gasteiger partial charge in [-0.2, -0.15) is 5.10 Å². The fourth-order valence-electron chi connectivity index (χ4n) is 3.38. The Morgan fingerprint density at radius 1 is 1.11 bits per heavy atom. The Morgan fingerprint density at radius 3 is 2.79 bits per heavy atom. The molecular weight excluding hydrogens is 348 g/mol. The quantitative estimate of drug-likeness (QED) is 0.495. The average molecular weight is 372 g/mol. The van der Waals surface area contributed by atoms with Crippen molar-refractivity contribution in [2.75, 3.05) is 5.32 Å². The van der Waals surface area contributed by atoms with Crippen LogP contribution < -0.4 is 5.32 Å². The molecule has 142 valence electrons. The van der Waals surface area contributed by atoms with Crippen LogP contribution in [0.25, 0.3) is 10.9 Å². The molecule has 28 heavy (non-hydrogen) atoms. The first-order chi connectivity index (χ1) is 13.7. The van der Waals surface area contributed by atoms with Gasteiger partial charge in [0.15, 0.2) is 5.82 Å². The first kappa shape index (κ1) is 18.0. The van der Waals surface area contributed by atoms with Gasteiger partial charge in [-0.05, 0) is 37.0 Å². The first-order valence-corrected chi connectivity index (χ1v) is 9.61. The molecule has 2 aromatic heterocycles. The molecule has 0 spiro atoms. The molecule has 1 amide bonds. The Balaban J connectivity index is 1.27. The van der Waals surface area contributed by atoms with Crippen LogP contribution in [0.5, 0.6) is 0 Å². The number of nitrogens with one attached hydrogen (secondary N) is 2. The molecule has 0 aliphatic heterocycles. The Bertz CT molecular complexity index is 1080. The molecule has 0 radical (unpaired) electrons. The lowest BCUT2D eigenvalue weighted by Gasteiger charge is -2.04. The number of benzene rings is 2. The van der Waals surface area contributed by atoms with E-state index < -0.39 is 0 Å². The molecule has 0 aliphatic rings. The van der Waals surface area contributed by atoms with E-state index in [0.717, 1.165) is 18.4 Å². The van der Waals surface area contributed by atoms with E-state index in [1.807, 2.05) is 35.3 Å². The SMILES string of the molecule is Cc1ccc(Cn2ccc(NC(=O)CCCc3c[nH]c4ccccc34)n2)cc1. The lowest BCUT2D eigenvalue weighted by molar-refractivity contribution is -0.116. The number of aromatic amines is 1. The number of aryl methyl sites for hydroxylation is 2. The van der Waals surface area contributed by atoms with Crippen LogP contribution in [0.3, 0.4) is 0 Å². The highest BCUT2D eigenvalue weighted by Gasteiger charge is 2.08. The monoisotopic (exact) mass is 372 g/mol. The zero-order chi connectivity index (χ0) is 19.3. The first-order valence-electron chi connectivity index (χ1n) is 9.61. The molecule has 2 heterocycles. The minimum Gasteiger partial charge on any atom is -0.361 e. The number of anilines is 1. The second-order valence-electron chi connectivity index (χ2n) is 7.15. The summed E-state index contributed by atoms with van der Waals surface area (Å²) in [6, 6.07) is 18.5. The van der Waals surface area contributed by atoms with Crippen LogP contribution in [-0.2, 0) is 17.8 Å². The van der Waals surface area contributed by atoms with Crippen molar-refractivity contribution in [3.8, 4) is 0 Å². The normalized spacial score (nSPS) is 11.0. The van der Waals surface area contributed by atoms with Gasteiger partial charge in [0.05, 0.1) is 6.54 Å². The van der Waals surface area contributed by atoms with E-state index >= 15 is 0 Å². The van der Waals surface area contributed by atoms with E-state index in [1.165, 1.54) is 22.1 Å². The van der Waals surface area contributed by atoms with E-state index in [1.54, 1.807) is 0 Å². The number of fused-ring (bicyclic) bond motifs is 1. The van der Waals surface area contributed by atoms with Crippen LogP contribution in [0, 0.1) is 6.92 Å². The van der Waals surface area contributed by atoms with Crippen LogP contribution in [0.2, 0.25) is 0 Å². The van der Waals surface area contributed by atoms with Crippen molar-refractivity contribution in [1.82, 2.24) is 14.8 Å². The fraction of sp³-hybridized carbons (Fsp3) is 0.217. The summed E-state index contributed by atoms with van der Waals surface area (Å²) in [5, 5.41) is 8.58. The van der Waals surface area contributed by atoms with Gasteiger partial charge in [-0.25, -0.2) is 0 Å². The van der Waals surface area contributed by atoms with Crippen LogP contribution in [0.15, 0.2) is 67.0 Å². The van der Waals surface area contributed by atoms with Gasteiger partial charge in [0, 0.05) is 35.8 Å². The van der Waals surface area contributed by atoms with Gasteiger partial charge in [0.25, 0.3) is 0 Å². The maximum Gasteiger partial charge on any atom is 0.225 e. The number of rotatable bonds is 7. The molecule has 2 N–H and O–H groups in total. The molecule has 0 unspecified atom stereocenters. The average Bonchev–Trinajstić information content (AvgIpc) is 3.31. The second-order valence-corrected chi connectivity index (χ2v) is 7.15. The van der Waals surface area contributed by atoms with Crippen molar-refractivity contribution in [2.45, 2.75) is 32.7 Å². The molecular formula is C23H24N4O. The fourth-order valence-corrected chi connectivity index (χ4v) is 3.38. The van der Waals surface area contributed by atoms with E-state index in [2.05, 4.69) is 58.7 Å². The summed E-state index contributed by atoms with van der Waals surface area (Å²) < 4.78 is 1.84. The molecule has 2 aromatic carbocycles. The Hall–Kier alpha value is -3.34. The maximum absolute atomic E-state index is 12.2. The molecule has 0 bridgehead atoms. The van der Waals surface area contributed by atoms with Crippen LogP contribution in [0.1, 0.15) is 29.5 Å². The largest absolute Gasteiger partial charge is 0.361 e. The topological polar surface area (TPSA) is 62.7 Å². The third-order valence-corrected chi connectivity index (χ3v) is 4.90. The third-order valence-electron chi connectivity index (χ3n) is 4.90. The second kappa shape index (κ2) is 8.13.